The van der Waals surface area contributed by atoms with Crippen molar-refractivity contribution in [1.82, 2.24) is 9.55 Å². The maximum Gasteiger partial charge on any atom is 0.203 e. The molecular weight excluding hydrogens is 250 g/mol. The fraction of sp³-hybridized carbons (Fsp3) is 0.812. The maximum atomic E-state index is 5.20. The average Bonchev–Trinajstić information content (AvgIpc) is 3.27. The Labute approximate surface area is 121 Å². The summed E-state index contributed by atoms with van der Waals surface area (Å²) >= 11 is 0. The monoisotopic (exact) mass is 277 g/mol. The Bertz CT molecular complexity index is 437. The van der Waals surface area contributed by atoms with E-state index < -0.39 is 0 Å². The second kappa shape index (κ2) is 5.76. The van der Waals surface area contributed by atoms with E-state index in [0.717, 1.165) is 35.9 Å². The van der Waals surface area contributed by atoms with E-state index in [2.05, 4.69) is 34.9 Å². The molecular formula is C16H27N3O. The van der Waals surface area contributed by atoms with Crippen LogP contribution in [0.3, 0.4) is 0 Å². The third-order valence-corrected chi connectivity index (χ3v) is 4.55. The van der Waals surface area contributed by atoms with Gasteiger partial charge >= 0.3 is 0 Å². The van der Waals surface area contributed by atoms with Crippen LogP contribution in [0.15, 0.2) is 6.20 Å². The lowest BCUT2D eigenvalue weighted by atomic mass is 9.98. The zero-order chi connectivity index (χ0) is 14.1. The molecule has 1 heterocycles. The van der Waals surface area contributed by atoms with Crippen molar-refractivity contribution in [2.45, 2.75) is 52.1 Å². The lowest BCUT2D eigenvalue weighted by Gasteiger charge is -2.20. The fourth-order valence-corrected chi connectivity index (χ4v) is 3.27. The maximum absolute atomic E-state index is 5.20. The van der Waals surface area contributed by atoms with Gasteiger partial charge in [0.25, 0.3) is 0 Å². The topological polar surface area (TPSA) is 39.1 Å². The first-order chi connectivity index (χ1) is 9.67. The molecule has 2 fully saturated rings. The van der Waals surface area contributed by atoms with Gasteiger partial charge in [0, 0.05) is 25.9 Å². The van der Waals surface area contributed by atoms with Gasteiger partial charge < -0.3 is 14.6 Å². The summed E-state index contributed by atoms with van der Waals surface area (Å²) in [5, 5.41) is 3.48. The van der Waals surface area contributed by atoms with E-state index >= 15 is 0 Å². The number of rotatable bonds is 8. The summed E-state index contributed by atoms with van der Waals surface area (Å²) in [6.45, 7) is 6.06. The number of hydrogen-bond donors (Lipinski definition) is 1. The molecule has 4 heteroatoms. The van der Waals surface area contributed by atoms with Crippen molar-refractivity contribution in [3.05, 3.63) is 11.9 Å². The van der Waals surface area contributed by atoms with Crippen molar-refractivity contribution in [2.24, 2.45) is 17.8 Å². The van der Waals surface area contributed by atoms with Gasteiger partial charge in [-0.05, 0) is 57.3 Å². The number of aromatic nitrogens is 2. The average molecular weight is 277 g/mol. The summed E-state index contributed by atoms with van der Waals surface area (Å²) in [5.41, 5.74) is 1.10. The molecule has 20 heavy (non-hydrogen) atoms. The van der Waals surface area contributed by atoms with Gasteiger partial charge in [-0.2, -0.15) is 0 Å². The molecule has 0 saturated heterocycles. The highest BCUT2D eigenvalue weighted by atomic mass is 16.5. The van der Waals surface area contributed by atoms with Gasteiger partial charge in [0.1, 0.15) is 0 Å². The number of nitrogens with one attached hydrogen (secondary N) is 1. The number of ether oxygens (including phenoxy) is 1. The second-order valence-electron chi connectivity index (χ2n) is 6.70. The molecule has 2 aliphatic carbocycles. The molecule has 0 aliphatic heterocycles. The third-order valence-electron chi connectivity index (χ3n) is 4.55. The van der Waals surface area contributed by atoms with Crippen LogP contribution in [0, 0.1) is 24.7 Å². The highest BCUT2D eigenvalue weighted by Gasteiger charge is 2.41. The van der Waals surface area contributed by atoms with Gasteiger partial charge in [0.05, 0.1) is 12.3 Å². The molecule has 0 aromatic carbocycles. The van der Waals surface area contributed by atoms with Crippen LogP contribution in [-0.2, 0) is 11.3 Å². The molecule has 1 aromatic rings. The summed E-state index contributed by atoms with van der Waals surface area (Å²) in [5.74, 6) is 3.85. The Balaban J connectivity index is 1.68. The number of anilines is 1. The Hall–Kier alpha value is -1.03. The highest BCUT2D eigenvalue weighted by molar-refractivity contribution is 5.30. The minimum atomic E-state index is 0.292. The van der Waals surface area contributed by atoms with Crippen LogP contribution in [0.1, 0.15) is 38.3 Å². The van der Waals surface area contributed by atoms with E-state index in [1.54, 1.807) is 7.11 Å². The Kier molecular flexibility index (Phi) is 4.01. The molecule has 1 unspecified atom stereocenters. The van der Waals surface area contributed by atoms with Crippen molar-refractivity contribution in [1.29, 1.82) is 0 Å². The minimum absolute atomic E-state index is 0.292. The molecule has 0 amide bonds. The minimum Gasteiger partial charge on any atom is -0.383 e. The van der Waals surface area contributed by atoms with E-state index in [0.29, 0.717) is 12.6 Å². The van der Waals surface area contributed by atoms with E-state index in [4.69, 9.17) is 4.74 Å². The van der Waals surface area contributed by atoms with E-state index in [-0.39, 0.29) is 0 Å². The molecule has 1 atom stereocenters. The standard InChI is InChI=1S/C16H27N3O/c1-11-8-19(16(17-11)18-12(2)10-20-3)9-15(13-4-5-13)14-6-7-14/h8,12-15H,4-7,9-10H2,1-3H3,(H,17,18). The highest BCUT2D eigenvalue weighted by Crippen LogP contribution is 2.50. The van der Waals surface area contributed by atoms with Gasteiger partial charge in [-0.15, -0.1) is 0 Å². The first-order valence-corrected chi connectivity index (χ1v) is 7.96. The molecule has 0 spiro atoms. The summed E-state index contributed by atoms with van der Waals surface area (Å²) in [6, 6.07) is 0.292. The second-order valence-corrected chi connectivity index (χ2v) is 6.70. The van der Waals surface area contributed by atoms with Crippen LogP contribution < -0.4 is 5.32 Å². The van der Waals surface area contributed by atoms with E-state index in [1.165, 1.54) is 25.7 Å². The van der Waals surface area contributed by atoms with Gasteiger partial charge in [-0.3, -0.25) is 0 Å². The van der Waals surface area contributed by atoms with Gasteiger partial charge in [0.15, 0.2) is 0 Å². The van der Waals surface area contributed by atoms with Crippen molar-refractivity contribution < 1.29 is 4.74 Å². The lowest BCUT2D eigenvalue weighted by molar-refractivity contribution is 0.190. The normalized spacial score (nSPS) is 20.4. The molecule has 2 aliphatic rings. The molecule has 112 valence electrons. The number of methoxy groups -OCH3 is 1. The zero-order valence-electron chi connectivity index (χ0n) is 12.9. The predicted octanol–water partition coefficient (Wildman–Crippen LogP) is 3.07. The molecule has 0 bridgehead atoms. The van der Waals surface area contributed by atoms with Crippen molar-refractivity contribution in [3.63, 3.8) is 0 Å². The van der Waals surface area contributed by atoms with Crippen molar-refractivity contribution in [2.75, 3.05) is 19.0 Å². The fourth-order valence-electron chi connectivity index (χ4n) is 3.27. The predicted molar refractivity (Wildman–Crippen MR) is 80.9 cm³/mol. The molecule has 1 N–H and O–H groups in total. The lowest BCUT2D eigenvalue weighted by Crippen LogP contribution is -2.24. The van der Waals surface area contributed by atoms with Crippen LogP contribution in [0.2, 0.25) is 0 Å². The SMILES string of the molecule is COCC(C)Nc1nc(C)cn1CC(C1CC1)C1CC1. The van der Waals surface area contributed by atoms with E-state index in [9.17, 15) is 0 Å². The quantitative estimate of drug-likeness (QED) is 0.793. The van der Waals surface area contributed by atoms with Crippen molar-refractivity contribution in [3.8, 4) is 0 Å². The third kappa shape index (κ3) is 3.35. The first-order valence-electron chi connectivity index (χ1n) is 7.96. The van der Waals surface area contributed by atoms with Crippen LogP contribution in [-0.4, -0.2) is 29.3 Å². The summed E-state index contributed by atoms with van der Waals surface area (Å²) in [4.78, 5) is 4.64. The largest absolute Gasteiger partial charge is 0.383 e. The molecule has 2 saturated carbocycles. The van der Waals surface area contributed by atoms with Crippen molar-refractivity contribution >= 4 is 5.95 Å². The number of nitrogens with zero attached hydrogens (tertiary/aromatic N) is 2. The zero-order valence-corrected chi connectivity index (χ0v) is 12.9. The molecule has 1 aromatic heterocycles. The smallest absolute Gasteiger partial charge is 0.203 e. The number of imidazole rings is 1. The molecule has 4 nitrogen and oxygen atoms in total. The van der Waals surface area contributed by atoms with E-state index in [1.807, 2.05) is 0 Å². The Morgan fingerprint density at radius 1 is 1.35 bits per heavy atom. The number of aryl methyl sites for hydroxylation is 1. The summed E-state index contributed by atoms with van der Waals surface area (Å²) < 4.78 is 7.54. The Morgan fingerprint density at radius 2 is 2.00 bits per heavy atom. The van der Waals surface area contributed by atoms with Crippen LogP contribution in [0.5, 0.6) is 0 Å². The summed E-state index contributed by atoms with van der Waals surface area (Å²) in [6.07, 6.45) is 7.96. The number of hydrogen-bond acceptors (Lipinski definition) is 3. The Morgan fingerprint density at radius 3 is 2.55 bits per heavy atom. The van der Waals surface area contributed by atoms with Crippen LogP contribution in [0.4, 0.5) is 5.95 Å². The van der Waals surface area contributed by atoms with Gasteiger partial charge in [-0.1, -0.05) is 0 Å². The molecule has 0 radical (unpaired) electrons. The molecule has 3 rings (SSSR count). The first kappa shape index (κ1) is 13.9. The summed E-state index contributed by atoms with van der Waals surface area (Å²) in [7, 11) is 1.74. The van der Waals surface area contributed by atoms with Crippen LogP contribution >= 0.6 is 0 Å². The van der Waals surface area contributed by atoms with Gasteiger partial charge in [-0.25, -0.2) is 4.98 Å². The van der Waals surface area contributed by atoms with Gasteiger partial charge in [0.2, 0.25) is 5.95 Å². The van der Waals surface area contributed by atoms with Crippen LogP contribution in [0.25, 0.3) is 0 Å².